The van der Waals surface area contributed by atoms with Crippen molar-refractivity contribution in [3.05, 3.63) is 23.3 Å². The van der Waals surface area contributed by atoms with Gasteiger partial charge in [-0.25, -0.2) is 8.42 Å². The summed E-state index contributed by atoms with van der Waals surface area (Å²) in [6, 6.07) is 2.85. The molecule has 1 aliphatic heterocycles. The van der Waals surface area contributed by atoms with Crippen molar-refractivity contribution in [2.24, 2.45) is 16.5 Å². The third-order valence-corrected chi connectivity index (χ3v) is 4.65. The summed E-state index contributed by atoms with van der Waals surface area (Å²) in [5, 5.41) is 0. The molecular weight excluding hydrogens is 282 g/mol. The standard InChI is InChI=1S/C12H15N3O4S/c1-2-7-5-9-10(20(17,18)4-3-19-9)6-8(7)11(16)15-12(13)14/h5-6H,2-4H2,1H3,(H4,13,14,15,16). The number of benzene rings is 1. The van der Waals surface area contributed by atoms with Crippen LogP contribution < -0.4 is 16.2 Å². The van der Waals surface area contributed by atoms with E-state index in [2.05, 4.69) is 4.99 Å². The Balaban J connectivity index is 2.64. The number of aliphatic imine (C=N–C) groups is 1. The van der Waals surface area contributed by atoms with E-state index >= 15 is 0 Å². The van der Waals surface area contributed by atoms with Gasteiger partial charge in [0.1, 0.15) is 17.3 Å². The molecule has 0 aromatic heterocycles. The Hall–Kier alpha value is -2.09. The summed E-state index contributed by atoms with van der Waals surface area (Å²) in [5.41, 5.74) is 11.2. The molecule has 1 amide bonds. The van der Waals surface area contributed by atoms with Crippen molar-refractivity contribution < 1.29 is 17.9 Å². The van der Waals surface area contributed by atoms with Crippen LogP contribution in [0.1, 0.15) is 22.8 Å². The molecule has 0 bridgehead atoms. The Morgan fingerprint density at radius 1 is 1.40 bits per heavy atom. The molecule has 0 saturated carbocycles. The lowest BCUT2D eigenvalue weighted by molar-refractivity contribution is 0.100. The van der Waals surface area contributed by atoms with E-state index in [0.29, 0.717) is 12.0 Å². The minimum atomic E-state index is -3.44. The predicted molar refractivity (Wildman–Crippen MR) is 73.5 cm³/mol. The number of carbonyl (C=O) groups excluding carboxylic acids is 1. The van der Waals surface area contributed by atoms with Crippen LogP contribution in [0, 0.1) is 0 Å². The SMILES string of the molecule is CCc1cc2c(cc1C(=O)N=C(N)N)S(=O)(=O)CCO2. The van der Waals surface area contributed by atoms with Gasteiger partial charge < -0.3 is 16.2 Å². The van der Waals surface area contributed by atoms with Crippen molar-refractivity contribution in [3.63, 3.8) is 0 Å². The van der Waals surface area contributed by atoms with Crippen LogP contribution in [0.2, 0.25) is 0 Å². The molecule has 0 radical (unpaired) electrons. The van der Waals surface area contributed by atoms with Crippen LogP contribution >= 0.6 is 0 Å². The number of guanidine groups is 1. The Morgan fingerprint density at radius 2 is 2.10 bits per heavy atom. The molecule has 0 atom stereocenters. The van der Waals surface area contributed by atoms with Gasteiger partial charge in [0.15, 0.2) is 15.8 Å². The van der Waals surface area contributed by atoms with Crippen LogP contribution in [0.25, 0.3) is 0 Å². The largest absolute Gasteiger partial charge is 0.491 e. The zero-order valence-electron chi connectivity index (χ0n) is 10.9. The number of aryl methyl sites for hydroxylation is 1. The van der Waals surface area contributed by atoms with E-state index in [1.165, 1.54) is 6.07 Å². The summed E-state index contributed by atoms with van der Waals surface area (Å²) in [6.45, 7) is 1.95. The molecule has 2 rings (SSSR count). The molecule has 0 saturated heterocycles. The molecule has 1 heterocycles. The first kappa shape index (κ1) is 14.3. The van der Waals surface area contributed by atoms with Crippen LogP contribution in [0.5, 0.6) is 5.75 Å². The summed E-state index contributed by atoms with van der Waals surface area (Å²) in [4.78, 5) is 15.4. The highest BCUT2D eigenvalue weighted by Gasteiger charge is 2.27. The highest BCUT2D eigenvalue weighted by molar-refractivity contribution is 7.91. The van der Waals surface area contributed by atoms with Crippen LogP contribution in [0.3, 0.4) is 0 Å². The highest BCUT2D eigenvalue weighted by atomic mass is 32.2. The number of rotatable bonds is 2. The Labute approximate surface area is 116 Å². The van der Waals surface area contributed by atoms with Gasteiger partial charge in [-0.2, -0.15) is 4.99 Å². The van der Waals surface area contributed by atoms with Crippen molar-refractivity contribution in [3.8, 4) is 5.75 Å². The van der Waals surface area contributed by atoms with Gasteiger partial charge in [-0.1, -0.05) is 6.92 Å². The average Bonchev–Trinajstić information content (AvgIpc) is 2.36. The molecule has 0 aliphatic carbocycles. The number of fused-ring (bicyclic) bond motifs is 1. The van der Waals surface area contributed by atoms with Crippen molar-refractivity contribution in [1.82, 2.24) is 0 Å². The normalized spacial score (nSPS) is 15.8. The fourth-order valence-electron chi connectivity index (χ4n) is 2.00. The predicted octanol–water partition coefficient (Wildman–Crippen LogP) is -0.171. The first-order chi connectivity index (χ1) is 9.35. The molecule has 0 spiro atoms. The third-order valence-electron chi connectivity index (χ3n) is 2.96. The summed E-state index contributed by atoms with van der Waals surface area (Å²) in [7, 11) is -3.44. The number of nitrogens with zero attached hydrogens (tertiary/aromatic N) is 1. The number of ether oxygens (including phenoxy) is 1. The van der Waals surface area contributed by atoms with Crippen LogP contribution in [0.4, 0.5) is 0 Å². The van der Waals surface area contributed by atoms with Crippen LogP contribution in [-0.2, 0) is 16.3 Å². The summed E-state index contributed by atoms with van der Waals surface area (Å²) >= 11 is 0. The van der Waals surface area contributed by atoms with Gasteiger partial charge in [-0.05, 0) is 24.1 Å². The van der Waals surface area contributed by atoms with Gasteiger partial charge in [0.05, 0.1) is 5.75 Å². The van der Waals surface area contributed by atoms with Crippen molar-refractivity contribution in [2.75, 3.05) is 12.4 Å². The third kappa shape index (κ3) is 2.60. The maximum atomic E-state index is 12.0. The fourth-order valence-corrected chi connectivity index (χ4v) is 3.24. The second-order valence-electron chi connectivity index (χ2n) is 4.32. The Morgan fingerprint density at radius 3 is 2.70 bits per heavy atom. The maximum absolute atomic E-state index is 12.0. The van der Waals surface area contributed by atoms with Crippen molar-refractivity contribution in [1.29, 1.82) is 0 Å². The summed E-state index contributed by atoms with van der Waals surface area (Å²) in [5.74, 6) is -0.866. The smallest absolute Gasteiger partial charge is 0.280 e. The highest BCUT2D eigenvalue weighted by Crippen LogP contribution is 2.32. The second kappa shape index (κ2) is 5.12. The van der Waals surface area contributed by atoms with E-state index in [-0.39, 0.29) is 34.5 Å². The van der Waals surface area contributed by atoms with E-state index in [4.69, 9.17) is 16.2 Å². The van der Waals surface area contributed by atoms with Gasteiger partial charge in [0, 0.05) is 5.56 Å². The lowest BCUT2D eigenvalue weighted by Crippen LogP contribution is -2.25. The first-order valence-corrected chi connectivity index (χ1v) is 7.67. The molecule has 20 heavy (non-hydrogen) atoms. The maximum Gasteiger partial charge on any atom is 0.280 e. The molecule has 8 heteroatoms. The molecule has 1 aliphatic rings. The zero-order valence-corrected chi connectivity index (χ0v) is 11.7. The van der Waals surface area contributed by atoms with Crippen LogP contribution in [-0.4, -0.2) is 32.6 Å². The second-order valence-corrected chi connectivity index (χ2v) is 6.40. The van der Waals surface area contributed by atoms with Crippen molar-refractivity contribution >= 4 is 21.7 Å². The van der Waals surface area contributed by atoms with E-state index < -0.39 is 15.7 Å². The Bertz CT molecular complexity index is 691. The quantitative estimate of drug-likeness (QED) is 0.576. The van der Waals surface area contributed by atoms with E-state index in [0.717, 1.165) is 0 Å². The average molecular weight is 297 g/mol. The Kier molecular flexibility index (Phi) is 3.67. The van der Waals surface area contributed by atoms with E-state index in [9.17, 15) is 13.2 Å². The summed E-state index contributed by atoms with van der Waals surface area (Å²) < 4.78 is 29.3. The molecule has 7 nitrogen and oxygen atoms in total. The van der Waals surface area contributed by atoms with Gasteiger partial charge in [-0.3, -0.25) is 4.79 Å². The van der Waals surface area contributed by atoms with Crippen LogP contribution in [0.15, 0.2) is 22.0 Å². The van der Waals surface area contributed by atoms with E-state index in [1.807, 2.05) is 6.92 Å². The topological polar surface area (TPSA) is 125 Å². The van der Waals surface area contributed by atoms with Gasteiger partial charge in [0.25, 0.3) is 5.91 Å². The van der Waals surface area contributed by atoms with Gasteiger partial charge >= 0.3 is 0 Å². The molecule has 0 fully saturated rings. The zero-order chi connectivity index (χ0) is 14.9. The molecule has 1 aromatic rings. The number of hydrogen-bond acceptors (Lipinski definition) is 4. The van der Waals surface area contributed by atoms with Gasteiger partial charge in [0.2, 0.25) is 0 Å². The number of amides is 1. The van der Waals surface area contributed by atoms with E-state index in [1.54, 1.807) is 6.07 Å². The molecular formula is C12H15N3O4S. The minimum Gasteiger partial charge on any atom is -0.491 e. The number of nitrogens with two attached hydrogens (primary N) is 2. The number of carbonyl (C=O) groups is 1. The monoisotopic (exact) mass is 297 g/mol. The lowest BCUT2D eigenvalue weighted by Gasteiger charge is -2.19. The molecule has 0 unspecified atom stereocenters. The van der Waals surface area contributed by atoms with Gasteiger partial charge in [-0.15, -0.1) is 0 Å². The lowest BCUT2D eigenvalue weighted by atomic mass is 10.0. The summed E-state index contributed by atoms with van der Waals surface area (Å²) in [6.07, 6.45) is 0.526. The first-order valence-electron chi connectivity index (χ1n) is 6.01. The number of hydrogen-bond donors (Lipinski definition) is 2. The fraction of sp³-hybridized carbons (Fsp3) is 0.333. The molecule has 1 aromatic carbocycles. The van der Waals surface area contributed by atoms with Crippen molar-refractivity contribution in [2.45, 2.75) is 18.2 Å². The number of sulfone groups is 1. The minimum absolute atomic E-state index is 0.00935. The molecule has 108 valence electrons. The molecule has 4 N–H and O–H groups in total.